The fourth-order valence-corrected chi connectivity index (χ4v) is 2.27. The molecule has 0 unspecified atom stereocenters. The van der Waals surface area contributed by atoms with Gasteiger partial charge < -0.3 is 10.5 Å². The molecule has 0 atom stereocenters. The van der Waals surface area contributed by atoms with Gasteiger partial charge in [0.25, 0.3) is 0 Å². The third kappa shape index (κ3) is 5.12. The van der Waals surface area contributed by atoms with Crippen molar-refractivity contribution < 1.29 is 17.9 Å². The van der Waals surface area contributed by atoms with E-state index in [-0.39, 0.29) is 18.0 Å². The second kappa shape index (κ2) is 7.02. The van der Waals surface area contributed by atoms with Crippen molar-refractivity contribution in [2.45, 2.75) is 46.0 Å². The van der Waals surface area contributed by atoms with Crippen molar-refractivity contribution in [2.75, 3.05) is 18.9 Å². The summed E-state index contributed by atoms with van der Waals surface area (Å²) in [6, 6.07) is 4.20. The van der Waals surface area contributed by atoms with Crippen molar-refractivity contribution in [3.8, 4) is 5.75 Å². The Morgan fingerprint density at radius 2 is 1.71 bits per heavy atom. The molecule has 1 aromatic rings. The third-order valence-corrected chi connectivity index (χ3v) is 3.24. The first-order valence-electron chi connectivity index (χ1n) is 6.98. The number of alkyl halides is 3. The summed E-state index contributed by atoms with van der Waals surface area (Å²) in [5.41, 5.74) is 4.66. The predicted molar refractivity (Wildman–Crippen MR) is 78.3 cm³/mol. The molecule has 0 amide bonds. The molecule has 0 spiro atoms. The van der Waals surface area contributed by atoms with Crippen LogP contribution in [0.4, 0.5) is 18.9 Å². The maximum Gasteiger partial charge on any atom is 0.420 e. The maximum absolute atomic E-state index is 12.9. The molecular formula is C15H23F3N2O. The zero-order valence-corrected chi connectivity index (χ0v) is 12.9. The number of rotatable bonds is 6. The fourth-order valence-electron chi connectivity index (χ4n) is 2.27. The molecule has 0 heterocycles. The fraction of sp³-hybridized carbons (Fsp3) is 0.600. The van der Waals surface area contributed by atoms with Gasteiger partial charge in [0, 0.05) is 24.3 Å². The lowest BCUT2D eigenvalue weighted by Crippen LogP contribution is -2.39. The van der Waals surface area contributed by atoms with E-state index < -0.39 is 11.7 Å². The SMILES string of the molecule is CC(C)N(CCOc1ccc(N)cc1C(F)(F)F)C(C)C. The van der Waals surface area contributed by atoms with Gasteiger partial charge in [-0.15, -0.1) is 0 Å². The van der Waals surface area contributed by atoms with Gasteiger partial charge in [0.05, 0.1) is 5.56 Å². The van der Waals surface area contributed by atoms with Crippen LogP contribution in [0.15, 0.2) is 18.2 Å². The summed E-state index contributed by atoms with van der Waals surface area (Å²) < 4.78 is 44.1. The van der Waals surface area contributed by atoms with Gasteiger partial charge >= 0.3 is 6.18 Å². The molecule has 0 aliphatic carbocycles. The summed E-state index contributed by atoms with van der Waals surface area (Å²) in [5.74, 6) is -0.177. The summed E-state index contributed by atoms with van der Waals surface area (Å²) in [4.78, 5) is 2.16. The van der Waals surface area contributed by atoms with Crippen LogP contribution in [0.5, 0.6) is 5.75 Å². The number of benzene rings is 1. The maximum atomic E-state index is 12.9. The smallest absolute Gasteiger partial charge is 0.420 e. The van der Waals surface area contributed by atoms with Gasteiger partial charge in [-0.25, -0.2) is 0 Å². The van der Waals surface area contributed by atoms with Crippen molar-refractivity contribution in [1.29, 1.82) is 0 Å². The van der Waals surface area contributed by atoms with Gasteiger partial charge in [-0.05, 0) is 45.9 Å². The Morgan fingerprint density at radius 3 is 2.19 bits per heavy atom. The third-order valence-electron chi connectivity index (χ3n) is 3.24. The zero-order valence-electron chi connectivity index (χ0n) is 12.9. The molecular weight excluding hydrogens is 281 g/mol. The summed E-state index contributed by atoms with van der Waals surface area (Å²) in [6.07, 6.45) is -4.47. The molecule has 0 aliphatic heterocycles. The van der Waals surface area contributed by atoms with Gasteiger partial charge in [0.2, 0.25) is 0 Å². The minimum absolute atomic E-state index is 0.0701. The highest BCUT2D eigenvalue weighted by Gasteiger charge is 2.34. The zero-order chi connectivity index (χ0) is 16.2. The first kappa shape index (κ1) is 17.6. The average Bonchev–Trinajstić information content (AvgIpc) is 2.33. The van der Waals surface area contributed by atoms with Crippen LogP contribution in [0.3, 0.4) is 0 Å². The normalized spacial score (nSPS) is 12.5. The van der Waals surface area contributed by atoms with Crippen molar-refractivity contribution >= 4 is 5.69 Å². The van der Waals surface area contributed by atoms with E-state index in [1.165, 1.54) is 12.1 Å². The molecule has 0 radical (unpaired) electrons. The van der Waals surface area contributed by atoms with E-state index in [9.17, 15) is 13.2 Å². The number of nitrogens with zero attached hydrogens (tertiary/aromatic N) is 1. The predicted octanol–water partition coefficient (Wildman–Crippen LogP) is 3.79. The van der Waals surface area contributed by atoms with E-state index in [0.29, 0.717) is 18.6 Å². The Hall–Kier alpha value is -1.43. The largest absolute Gasteiger partial charge is 0.492 e. The highest BCUT2D eigenvalue weighted by Crippen LogP contribution is 2.37. The first-order chi connectivity index (χ1) is 9.62. The standard InChI is InChI=1S/C15H23F3N2O/c1-10(2)20(11(3)4)7-8-21-14-6-5-12(19)9-13(14)15(16,17)18/h5-6,9-11H,7-8,19H2,1-4H3. The van der Waals surface area contributed by atoms with Gasteiger partial charge in [0.1, 0.15) is 12.4 Å². The van der Waals surface area contributed by atoms with Crippen molar-refractivity contribution in [1.82, 2.24) is 4.90 Å². The number of nitrogens with two attached hydrogens (primary N) is 1. The second-order valence-corrected chi connectivity index (χ2v) is 5.53. The number of ether oxygens (including phenoxy) is 1. The summed E-state index contributed by atoms with van der Waals surface area (Å²) >= 11 is 0. The van der Waals surface area contributed by atoms with Crippen LogP contribution in [-0.4, -0.2) is 30.1 Å². The van der Waals surface area contributed by atoms with E-state index in [2.05, 4.69) is 4.90 Å². The molecule has 6 heteroatoms. The molecule has 21 heavy (non-hydrogen) atoms. The molecule has 1 aromatic carbocycles. The molecule has 2 N–H and O–H groups in total. The number of anilines is 1. The van der Waals surface area contributed by atoms with Crippen LogP contribution in [0.1, 0.15) is 33.3 Å². The molecule has 0 saturated heterocycles. The van der Waals surface area contributed by atoms with Gasteiger partial charge in [-0.3, -0.25) is 4.90 Å². The van der Waals surface area contributed by atoms with Gasteiger partial charge in [-0.2, -0.15) is 13.2 Å². The van der Waals surface area contributed by atoms with Crippen LogP contribution in [0, 0.1) is 0 Å². The van der Waals surface area contributed by atoms with Crippen LogP contribution >= 0.6 is 0 Å². The Balaban J connectivity index is 2.76. The van der Waals surface area contributed by atoms with E-state index in [4.69, 9.17) is 10.5 Å². The highest BCUT2D eigenvalue weighted by molar-refractivity contribution is 5.49. The number of nitrogen functional groups attached to an aromatic ring is 1. The Labute approximate surface area is 123 Å². The Kier molecular flexibility index (Phi) is 5.89. The van der Waals surface area contributed by atoms with Crippen molar-refractivity contribution in [2.24, 2.45) is 0 Å². The topological polar surface area (TPSA) is 38.5 Å². The molecule has 0 aromatic heterocycles. The van der Waals surface area contributed by atoms with Crippen molar-refractivity contribution in [3.63, 3.8) is 0 Å². The Bertz CT molecular complexity index is 451. The quantitative estimate of drug-likeness (QED) is 0.813. The minimum Gasteiger partial charge on any atom is -0.492 e. The molecule has 0 fully saturated rings. The van der Waals surface area contributed by atoms with E-state index in [0.717, 1.165) is 6.07 Å². The summed E-state index contributed by atoms with van der Waals surface area (Å²) in [6.45, 7) is 8.95. The monoisotopic (exact) mass is 304 g/mol. The first-order valence-corrected chi connectivity index (χ1v) is 6.98. The molecule has 0 saturated carbocycles. The summed E-state index contributed by atoms with van der Waals surface area (Å²) in [5, 5.41) is 0. The molecule has 0 aliphatic rings. The van der Waals surface area contributed by atoms with Gasteiger partial charge in [-0.1, -0.05) is 0 Å². The van der Waals surface area contributed by atoms with Crippen LogP contribution < -0.4 is 10.5 Å². The molecule has 0 bridgehead atoms. The van der Waals surface area contributed by atoms with E-state index in [1.54, 1.807) is 0 Å². The minimum atomic E-state index is -4.47. The van der Waals surface area contributed by atoms with E-state index >= 15 is 0 Å². The molecule has 120 valence electrons. The summed E-state index contributed by atoms with van der Waals surface area (Å²) in [7, 11) is 0. The van der Waals surface area contributed by atoms with Crippen LogP contribution in [-0.2, 0) is 6.18 Å². The molecule has 1 rings (SSSR count). The van der Waals surface area contributed by atoms with Crippen LogP contribution in [0.2, 0.25) is 0 Å². The Morgan fingerprint density at radius 1 is 1.14 bits per heavy atom. The lowest BCUT2D eigenvalue weighted by molar-refractivity contribution is -0.139. The van der Waals surface area contributed by atoms with Gasteiger partial charge in [0.15, 0.2) is 0 Å². The second-order valence-electron chi connectivity index (χ2n) is 5.53. The number of hydrogen-bond donors (Lipinski definition) is 1. The van der Waals surface area contributed by atoms with Crippen molar-refractivity contribution in [3.05, 3.63) is 23.8 Å². The lowest BCUT2D eigenvalue weighted by atomic mass is 10.1. The van der Waals surface area contributed by atoms with E-state index in [1.807, 2.05) is 27.7 Å². The number of hydrogen-bond acceptors (Lipinski definition) is 3. The molecule has 3 nitrogen and oxygen atoms in total. The average molecular weight is 304 g/mol. The lowest BCUT2D eigenvalue weighted by Gasteiger charge is -2.30. The number of halogens is 3. The highest BCUT2D eigenvalue weighted by atomic mass is 19.4. The van der Waals surface area contributed by atoms with Crippen LogP contribution in [0.25, 0.3) is 0 Å².